The average Bonchev–Trinajstić information content (AvgIpc) is 2.60. The van der Waals surface area contributed by atoms with Gasteiger partial charge < -0.3 is 0 Å². The van der Waals surface area contributed by atoms with E-state index >= 15 is 0 Å². The van der Waals surface area contributed by atoms with E-state index in [1.54, 1.807) is 24.3 Å². The Morgan fingerprint density at radius 1 is 1.15 bits per heavy atom. The summed E-state index contributed by atoms with van der Waals surface area (Å²) in [6.45, 7) is 3.89. The van der Waals surface area contributed by atoms with Gasteiger partial charge in [-0.3, -0.25) is 9.10 Å². The van der Waals surface area contributed by atoms with E-state index in [0.29, 0.717) is 11.6 Å². The molecule has 0 heterocycles. The quantitative estimate of drug-likeness (QED) is 0.361. The van der Waals surface area contributed by atoms with Gasteiger partial charge in [0, 0.05) is 3.57 Å². The van der Waals surface area contributed by atoms with E-state index in [1.807, 2.05) is 24.3 Å². The van der Waals surface area contributed by atoms with Gasteiger partial charge in [-0.2, -0.15) is 5.10 Å². The van der Waals surface area contributed by atoms with Gasteiger partial charge in [-0.15, -0.1) is 0 Å². The molecule has 0 atom stereocenters. The number of halogens is 1. The van der Waals surface area contributed by atoms with Crippen molar-refractivity contribution in [1.82, 2.24) is 5.43 Å². The fraction of sp³-hybridized carbons (Fsp3) is 0.263. The van der Waals surface area contributed by atoms with Crippen LogP contribution in [0.3, 0.4) is 0 Å². The topological polar surface area (TPSA) is 78.8 Å². The van der Waals surface area contributed by atoms with Crippen LogP contribution < -0.4 is 9.73 Å². The highest BCUT2D eigenvalue weighted by atomic mass is 127. The van der Waals surface area contributed by atoms with Crippen molar-refractivity contribution in [2.75, 3.05) is 17.1 Å². The third-order valence-corrected chi connectivity index (χ3v) is 5.67. The second kappa shape index (κ2) is 9.32. The van der Waals surface area contributed by atoms with Crippen LogP contribution in [0.2, 0.25) is 0 Å². The highest BCUT2D eigenvalue weighted by Gasteiger charge is 2.20. The largest absolute Gasteiger partial charge is 0.271 e. The van der Waals surface area contributed by atoms with Crippen molar-refractivity contribution >= 4 is 50.4 Å². The van der Waals surface area contributed by atoms with Crippen molar-refractivity contribution in [3.63, 3.8) is 0 Å². The number of rotatable bonds is 7. The number of hydrogen-bond acceptors (Lipinski definition) is 4. The van der Waals surface area contributed by atoms with Gasteiger partial charge in [-0.1, -0.05) is 38.1 Å². The molecular weight excluding hydrogens is 477 g/mol. The average molecular weight is 499 g/mol. The summed E-state index contributed by atoms with van der Waals surface area (Å²) in [6, 6.07) is 14.7. The van der Waals surface area contributed by atoms with Crippen molar-refractivity contribution < 1.29 is 13.2 Å². The van der Waals surface area contributed by atoms with Gasteiger partial charge >= 0.3 is 0 Å². The first-order chi connectivity index (χ1) is 12.7. The van der Waals surface area contributed by atoms with Crippen LogP contribution in [0.25, 0.3) is 0 Å². The molecule has 27 heavy (non-hydrogen) atoms. The van der Waals surface area contributed by atoms with E-state index in [1.165, 1.54) is 11.8 Å². The smallest absolute Gasteiger partial charge is 0.260 e. The minimum absolute atomic E-state index is 0.344. The molecule has 0 fully saturated rings. The molecule has 2 aromatic rings. The number of anilines is 1. The molecule has 0 bridgehead atoms. The Bertz CT molecular complexity index is 908. The van der Waals surface area contributed by atoms with Crippen LogP contribution in [0.1, 0.15) is 30.9 Å². The maximum absolute atomic E-state index is 12.1. The second-order valence-electron chi connectivity index (χ2n) is 6.36. The first-order valence-corrected chi connectivity index (χ1v) is 11.2. The SMILES string of the molecule is CC(C)c1ccc(/C=N\NC(=O)CN(c2ccc(I)cc2)S(C)(=O)=O)cc1. The number of amides is 1. The number of benzene rings is 2. The Morgan fingerprint density at radius 3 is 2.26 bits per heavy atom. The van der Waals surface area contributed by atoms with E-state index < -0.39 is 15.9 Å². The van der Waals surface area contributed by atoms with Crippen molar-refractivity contribution in [2.45, 2.75) is 19.8 Å². The number of sulfonamides is 1. The predicted octanol–water partition coefficient (Wildman–Crippen LogP) is 3.33. The van der Waals surface area contributed by atoms with E-state index in [9.17, 15) is 13.2 Å². The lowest BCUT2D eigenvalue weighted by Crippen LogP contribution is -2.39. The molecule has 2 aromatic carbocycles. The van der Waals surface area contributed by atoms with Crippen LogP contribution >= 0.6 is 22.6 Å². The Hall–Kier alpha value is -1.94. The molecule has 1 amide bonds. The lowest BCUT2D eigenvalue weighted by atomic mass is 10.0. The summed E-state index contributed by atoms with van der Waals surface area (Å²) in [7, 11) is -3.60. The van der Waals surface area contributed by atoms with Gasteiger partial charge in [0.05, 0.1) is 18.2 Å². The van der Waals surface area contributed by atoms with Crippen LogP contribution in [0.5, 0.6) is 0 Å². The second-order valence-corrected chi connectivity index (χ2v) is 9.51. The molecule has 8 heteroatoms. The van der Waals surface area contributed by atoms with Crippen LogP contribution in [-0.4, -0.2) is 33.3 Å². The van der Waals surface area contributed by atoms with E-state index in [2.05, 4.69) is 47.0 Å². The zero-order chi connectivity index (χ0) is 20.0. The molecule has 1 N–H and O–H groups in total. The van der Waals surface area contributed by atoms with E-state index in [0.717, 1.165) is 19.7 Å². The molecule has 2 rings (SSSR count). The fourth-order valence-electron chi connectivity index (χ4n) is 2.32. The number of hydrazone groups is 1. The summed E-state index contributed by atoms with van der Waals surface area (Å²) < 4.78 is 26.1. The summed E-state index contributed by atoms with van der Waals surface area (Å²) in [4.78, 5) is 12.1. The normalized spacial score (nSPS) is 11.7. The zero-order valence-corrected chi connectivity index (χ0v) is 18.4. The number of carbonyl (C=O) groups is 1. The maximum Gasteiger partial charge on any atom is 0.260 e. The van der Waals surface area contributed by atoms with Gasteiger partial charge in [-0.05, 0) is 63.9 Å². The number of carbonyl (C=O) groups excluding carboxylic acids is 1. The Labute approximate surface area is 173 Å². The van der Waals surface area contributed by atoms with Gasteiger partial charge in [0.15, 0.2) is 0 Å². The Balaban J connectivity index is 2.02. The van der Waals surface area contributed by atoms with Crippen molar-refractivity contribution in [2.24, 2.45) is 5.10 Å². The highest BCUT2D eigenvalue weighted by Crippen LogP contribution is 2.19. The summed E-state index contributed by atoms with van der Waals surface area (Å²) >= 11 is 2.13. The standard InChI is InChI=1S/C19H22IN3O3S/c1-14(2)16-6-4-15(5-7-16)12-21-22-19(24)13-23(27(3,25)26)18-10-8-17(20)9-11-18/h4-12,14H,13H2,1-3H3,(H,22,24)/b21-12-. The van der Waals surface area contributed by atoms with Gasteiger partial charge in [0.25, 0.3) is 5.91 Å². The van der Waals surface area contributed by atoms with Gasteiger partial charge in [-0.25, -0.2) is 13.8 Å². The van der Waals surface area contributed by atoms with Gasteiger partial charge in [0.1, 0.15) is 6.54 Å². The lowest BCUT2D eigenvalue weighted by Gasteiger charge is -2.21. The predicted molar refractivity (Wildman–Crippen MR) is 118 cm³/mol. The molecule has 0 spiro atoms. The van der Waals surface area contributed by atoms with Crippen molar-refractivity contribution in [1.29, 1.82) is 0 Å². The minimum atomic E-state index is -3.60. The van der Waals surface area contributed by atoms with E-state index in [4.69, 9.17) is 0 Å². The number of nitrogens with zero attached hydrogens (tertiary/aromatic N) is 2. The lowest BCUT2D eigenvalue weighted by molar-refractivity contribution is -0.119. The molecule has 0 aromatic heterocycles. The molecule has 0 unspecified atom stereocenters. The third kappa shape index (κ3) is 6.62. The zero-order valence-electron chi connectivity index (χ0n) is 15.4. The third-order valence-electron chi connectivity index (χ3n) is 3.81. The molecule has 0 saturated carbocycles. The maximum atomic E-state index is 12.1. The highest BCUT2D eigenvalue weighted by molar-refractivity contribution is 14.1. The molecule has 0 aliphatic rings. The van der Waals surface area contributed by atoms with Crippen LogP contribution in [0, 0.1) is 3.57 Å². The molecule has 0 radical (unpaired) electrons. The Kier molecular flexibility index (Phi) is 7.37. The summed E-state index contributed by atoms with van der Waals surface area (Å²) in [6.07, 6.45) is 2.59. The molecule has 0 aliphatic heterocycles. The molecular formula is C19H22IN3O3S. The van der Waals surface area contributed by atoms with Crippen molar-refractivity contribution in [3.8, 4) is 0 Å². The number of nitrogens with one attached hydrogen (secondary N) is 1. The van der Waals surface area contributed by atoms with Gasteiger partial charge in [0.2, 0.25) is 10.0 Å². The first-order valence-electron chi connectivity index (χ1n) is 8.32. The van der Waals surface area contributed by atoms with Crippen molar-refractivity contribution in [3.05, 3.63) is 63.2 Å². The van der Waals surface area contributed by atoms with Crippen LogP contribution in [0.15, 0.2) is 53.6 Å². The van der Waals surface area contributed by atoms with E-state index in [-0.39, 0.29) is 6.54 Å². The molecule has 6 nitrogen and oxygen atoms in total. The van der Waals surface area contributed by atoms with Crippen LogP contribution in [-0.2, 0) is 14.8 Å². The monoisotopic (exact) mass is 499 g/mol. The molecule has 0 saturated heterocycles. The minimum Gasteiger partial charge on any atom is -0.271 e. The number of hydrogen-bond donors (Lipinski definition) is 1. The molecule has 144 valence electrons. The van der Waals surface area contributed by atoms with Crippen LogP contribution in [0.4, 0.5) is 5.69 Å². The first kappa shape index (κ1) is 21.4. The summed E-state index contributed by atoms with van der Waals surface area (Å²) in [5.41, 5.74) is 4.87. The fourth-order valence-corrected chi connectivity index (χ4v) is 3.53. The summed E-state index contributed by atoms with van der Waals surface area (Å²) in [5.74, 6) is -0.0760. The Morgan fingerprint density at radius 2 is 1.74 bits per heavy atom. The summed E-state index contributed by atoms with van der Waals surface area (Å²) in [5, 5.41) is 3.91. The molecule has 0 aliphatic carbocycles.